The first-order valence-corrected chi connectivity index (χ1v) is 13.3. The Hall–Kier alpha value is -2.67. The highest BCUT2D eigenvalue weighted by molar-refractivity contribution is 5.89. The zero-order chi connectivity index (χ0) is 27.8. The molecule has 3 atom stereocenters. The van der Waals surface area contributed by atoms with Crippen LogP contribution in [0.15, 0.2) is 30.3 Å². The van der Waals surface area contributed by atoms with Gasteiger partial charge in [0.25, 0.3) is 5.09 Å². The van der Waals surface area contributed by atoms with Crippen LogP contribution in [-0.4, -0.2) is 78.9 Å². The molecular weight excluding hydrogens is 567 g/mol. The molecule has 1 aromatic rings. The molecule has 0 saturated carbocycles. The van der Waals surface area contributed by atoms with E-state index in [0.717, 1.165) is 12.0 Å². The van der Waals surface area contributed by atoms with Gasteiger partial charge in [0, 0.05) is 13.0 Å². The average molecular weight is 610 g/mol. The number of nitrogens with two attached hydrogens (primary N) is 1. The predicted octanol–water partition coefficient (Wildman–Crippen LogP) is 2.61. The van der Waals surface area contributed by atoms with Crippen LogP contribution >= 0.6 is 24.8 Å². The lowest BCUT2D eigenvalue weighted by molar-refractivity contribution is -0.757. The Labute approximate surface area is 247 Å². The van der Waals surface area contributed by atoms with Crippen molar-refractivity contribution >= 4 is 42.7 Å². The Balaban J connectivity index is 0.00000760. The number of halogens is 2. The maximum absolute atomic E-state index is 13.7. The third kappa shape index (κ3) is 13.1. The molecule has 12 nitrogen and oxygen atoms in total. The first kappa shape index (κ1) is 37.3. The van der Waals surface area contributed by atoms with Gasteiger partial charge in [0.15, 0.2) is 0 Å². The zero-order valence-corrected chi connectivity index (χ0v) is 24.5. The van der Waals surface area contributed by atoms with Crippen LogP contribution in [0.25, 0.3) is 0 Å². The van der Waals surface area contributed by atoms with E-state index < -0.39 is 35.2 Å². The number of rotatable bonds is 18. The average Bonchev–Trinajstić information content (AvgIpc) is 3.40. The fourth-order valence-corrected chi connectivity index (χ4v) is 4.42. The molecule has 0 radical (unpaired) electrons. The van der Waals surface area contributed by atoms with E-state index in [2.05, 4.69) is 10.2 Å². The Morgan fingerprint density at radius 2 is 1.80 bits per heavy atom. The molecule has 3 N–H and O–H groups in total. The van der Waals surface area contributed by atoms with Gasteiger partial charge < -0.3 is 24.9 Å². The maximum Gasteiger partial charge on any atom is 0.328 e. The molecule has 1 heterocycles. The fraction of sp³-hybridized carbons (Fsp3) is 0.654. The Bertz CT molecular complexity index is 897. The minimum Gasteiger partial charge on any atom is -0.465 e. The first-order valence-electron chi connectivity index (χ1n) is 13.3. The molecule has 0 bridgehead atoms. The Morgan fingerprint density at radius 3 is 2.45 bits per heavy atom. The number of ether oxygens (including phenoxy) is 2. The van der Waals surface area contributed by atoms with Gasteiger partial charge in [0.2, 0.25) is 5.91 Å². The molecule has 2 rings (SSSR count). The summed E-state index contributed by atoms with van der Waals surface area (Å²) in [6.45, 7) is 2.61. The third-order valence-electron chi connectivity index (χ3n) is 6.32. The summed E-state index contributed by atoms with van der Waals surface area (Å²) in [5.41, 5.74) is 6.73. The normalized spacial score (nSPS) is 15.7. The Kier molecular flexibility index (Phi) is 19.7. The summed E-state index contributed by atoms with van der Waals surface area (Å²) >= 11 is 0. The van der Waals surface area contributed by atoms with Crippen molar-refractivity contribution < 1.29 is 33.8 Å². The van der Waals surface area contributed by atoms with Gasteiger partial charge in [0.05, 0.1) is 25.9 Å². The lowest BCUT2D eigenvalue weighted by atomic mass is 10.0. The van der Waals surface area contributed by atoms with Crippen LogP contribution in [-0.2, 0) is 35.1 Å². The van der Waals surface area contributed by atoms with Gasteiger partial charge in [-0.15, -0.1) is 34.9 Å². The molecular formula is C26H42Cl2N4O8. The van der Waals surface area contributed by atoms with Crippen molar-refractivity contribution in [1.29, 1.82) is 0 Å². The van der Waals surface area contributed by atoms with Gasteiger partial charge in [-0.3, -0.25) is 14.9 Å². The minimum absolute atomic E-state index is 0. The first-order chi connectivity index (χ1) is 18.4. The van der Waals surface area contributed by atoms with Crippen LogP contribution in [0.1, 0.15) is 57.4 Å². The van der Waals surface area contributed by atoms with Crippen LogP contribution in [0.4, 0.5) is 0 Å². The van der Waals surface area contributed by atoms with Crippen LogP contribution in [0.2, 0.25) is 0 Å². The van der Waals surface area contributed by atoms with E-state index in [-0.39, 0.29) is 57.0 Å². The van der Waals surface area contributed by atoms with Gasteiger partial charge in [-0.2, -0.15) is 0 Å². The van der Waals surface area contributed by atoms with Crippen LogP contribution in [0, 0.1) is 10.1 Å². The van der Waals surface area contributed by atoms with E-state index in [0.29, 0.717) is 51.6 Å². The number of esters is 2. The number of carbonyl (C=O) groups is 3. The largest absolute Gasteiger partial charge is 0.465 e. The molecule has 1 aromatic carbocycles. The van der Waals surface area contributed by atoms with Crippen molar-refractivity contribution in [1.82, 2.24) is 10.2 Å². The van der Waals surface area contributed by atoms with Gasteiger partial charge >= 0.3 is 11.9 Å². The van der Waals surface area contributed by atoms with E-state index in [1.807, 2.05) is 30.3 Å². The number of carbonyl (C=O) groups excluding carboxylic acids is 3. The van der Waals surface area contributed by atoms with Crippen molar-refractivity contribution in [3.63, 3.8) is 0 Å². The Morgan fingerprint density at radius 1 is 1.07 bits per heavy atom. The molecule has 1 aliphatic heterocycles. The van der Waals surface area contributed by atoms with Gasteiger partial charge in [0.1, 0.15) is 12.1 Å². The van der Waals surface area contributed by atoms with Crippen LogP contribution in [0.3, 0.4) is 0 Å². The summed E-state index contributed by atoms with van der Waals surface area (Å²) < 4.78 is 10.5. The standard InChI is InChI=1S/C26H40N4O8.2ClH/c1-2-36-25(32)22(15-14-20-10-4-3-5-11-20)28-21(12-6-7-16-27)24(31)29-17-8-13-23(29)26(33)37-18-9-19-38-30(34)35;;/h3-5,10-11,21-23,28H,2,6-9,12-19,27H2,1H3;2*1H/t21-,22-,23-;;/m0../s1. The molecule has 0 aliphatic carbocycles. The molecule has 40 heavy (non-hydrogen) atoms. The zero-order valence-electron chi connectivity index (χ0n) is 22.9. The highest BCUT2D eigenvalue weighted by Gasteiger charge is 2.39. The SMILES string of the molecule is CCOC(=O)[C@H](CCc1ccccc1)N[C@@H](CCCCN)C(=O)N1CCC[C@H]1C(=O)OCCCO[N+](=O)[O-].Cl.Cl. The molecule has 0 aromatic heterocycles. The van der Waals surface area contributed by atoms with Gasteiger partial charge in [-0.25, -0.2) is 4.79 Å². The van der Waals surface area contributed by atoms with Crippen LogP contribution < -0.4 is 11.1 Å². The summed E-state index contributed by atoms with van der Waals surface area (Å²) in [5.74, 6) is -1.25. The number of hydrogen-bond donors (Lipinski definition) is 2. The molecule has 1 aliphatic rings. The summed E-state index contributed by atoms with van der Waals surface area (Å²) in [5, 5.41) is 12.6. The fourth-order valence-electron chi connectivity index (χ4n) is 4.42. The second kappa shape index (κ2) is 21.1. The molecule has 1 saturated heterocycles. The maximum atomic E-state index is 13.7. The number of unbranched alkanes of at least 4 members (excludes halogenated alkanes) is 1. The number of benzene rings is 1. The number of nitrogens with one attached hydrogen (secondary N) is 1. The summed E-state index contributed by atoms with van der Waals surface area (Å²) in [4.78, 5) is 55.2. The highest BCUT2D eigenvalue weighted by atomic mass is 35.5. The second-order valence-corrected chi connectivity index (χ2v) is 9.10. The molecule has 0 spiro atoms. The van der Waals surface area contributed by atoms with Crippen molar-refractivity contribution in [2.24, 2.45) is 5.73 Å². The lowest BCUT2D eigenvalue weighted by Crippen LogP contribution is -2.54. The second-order valence-electron chi connectivity index (χ2n) is 9.10. The van der Waals surface area contributed by atoms with Crippen molar-refractivity contribution in [3.05, 3.63) is 46.0 Å². The smallest absolute Gasteiger partial charge is 0.328 e. The molecule has 0 unspecified atom stereocenters. The summed E-state index contributed by atoms with van der Waals surface area (Å²) in [7, 11) is 0. The lowest BCUT2D eigenvalue weighted by Gasteiger charge is -2.30. The molecule has 14 heteroatoms. The predicted molar refractivity (Wildman–Crippen MR) is 153 cm³/mol. The van der Waals surface area contributed by atoms with Gasteiger partial charge in [-0.05, 0) is 57.6 Å². The van der Waals surface area contributed by atoms with Crippen LogP contribution in [0.5, 0.6) is 0 Å². The number of aryl methyl sites for hydroxylation is 1. The number of nitrogens with zero attached hydrogens (tertiary/aromatic N) is 2. The highest BCUT2D eigenvalue weighted by Crippen LogP contribution is 2.21. The van der Waals surface area contributed by atoms with Crippen molar-refractivity contribution in [2.45, 2.75) is 76.4 Å². The third-order valence-corrected chi connectivity index (χ3v) is 6.32. The minimum atomic E-state index is -0.902. The summed E-state index contributed by atoms with van der Waals surface area (Å²) in [6, 6.07) is 7.61. The number of likely N-dealkylation sites (tertiary alicyclic amines) is 1. The topological polar surface area (TPSA) is 163 Å². The van der Waals surface area contributed by atoms with Crippen molar-refractivity contribution in [3.8, 4) is 0 Å². The molecule has 228 valence electrons. The number of hydrogen-bond acceptors (Lipinski definition) is 10. The van der Waals surface area contributed by atoms with E-state index >= 15 is 0 Å². The molecule has 1 amide bonds. The van der Waals surface area contributed by atoms with Crippen molar-refractivity contribution in [2.75, 3.05) is 32.9 Å². The quantitative estimate of drug-likeness (QED) is 0.109. The molecule has 1 fully saturated rings. The van der Waals surface area contributed by atoms with Gasteiger partial charge in [-0.1, -0.05) is 36.8 Å². The summed E-state index contributed by atoms with van der Waals surface area (Å²) in [6.07, 6.45) is 4.18. The number of amides is 1. The van der Waals surface area contributed by atoms with E-state index in [4.69, 9.17) is 15.2 Å². The van der Waals surface area contributed by atoms with E-state index in [1.54, 1.807) is 6.92 Å². The van der Waals surface area contributed by atoms with E-state index in [1.165, 1.54) is 4.90 Å². The monoisotopic (exact) mass is 608 g/mol. The van der Waals surface area contributed by atoms with E-state index in [9.17, 15) is 24.5 Å².